The molecule has 0 aliphatic carbocycles. The van der Waals surface area contributed by atoms with E-state index in [2.05, 4.69) is 0 Å². The standard InChI is InChI=1S/C8H8Cl2O5S/c1-14-5-3-4(9)7(15-2)8(6(5)10)16(11,12)13/h3H,1-2H3,(H,11,12,13). The van der Waals surface area contributed by atoms with Crippen molar-refractivity contribution in [3.8, 4) is 11.5 Å². The average Bonchev–Trinajstić information content (AvgIpc) is 2.18. The van der Waals surface area contributed by atoms with Crippen molar-refractivity contribution in [1.29, 1.82) is 0 Å². The zero-order chi connectivity index (χ0) is 12.5. The molecule has 0 saturated carbocycles. The predicted octanol–water partition coefficient (Wildman–Crippen LogP) is 2.26. The highest BCUT2D eigenvalue weighted by molar-refractivity contribution is 7.86. The van der Waals surface area contributed by atoms with E-state index in [-0.39, 0.29) is 21.5 Å². The molecule has 0 saturated heterocycles. The van der Waals surface area contributed by atoms with Crippen LogP contribution >= 0.6 is 23.2 Å². The molecule has 8 heteroatoms. The van der Waals surface area contributed by atoms with E-state index >= 15 is 0 Å². The SMILES string of the molecule is COc1cc(Cl)c(OC)c(S(=O)(=O)O)c1Cl. The first-order chi connectivity index (χ1) is 7.32. The molecule has 5 nitrogen and oxygen atoms in total. The number of benzene rings is 1. The third-order valence-corrected chi connectivity index (χ3v) is 3.45. The van der Waals surface area contributed by atoms with Gasteiger partial charge in [0.25, 0.3) is 10.1 Å². The van der Waals surface area contributed by atoms with Crippen molar-refractivity contribution in [2.45, 2.75) is 4.90 Å². The van der Waals surface area contributed by atoms with Gasteiger partial charge < -0.3 is 9.47 Å². The Morgan fingerprint density at radius 1 is 1.25 bits per heavy atom. The third-order valence-electron chi connectivity index (χ3n) is 1.78. The number of rotatable bonds is 3. The molecule has 1 aromatic carbocycles. The highest BCUT2D eigenvalue weighted by atomic mass is 35.5. The summed E-state index contributed by atoms with van der Waals surface area (Å²) in [5.74, 6) is -0.199. The number of halogens is 2. The Labute approximate surface area is 103 Å². The zero-order valence-corrected chi connectivity index (χ0v) is 10.7. The second-order valence-corrected chi connectivity index (χ2v) is 4.86. The van der Waals surface area contributed by atoms with Crippen LogP contribution in [0.2, 0.25) is 10.0 Å². The number of hydrogen-bond acceptors (Lipinski definition) is 4. The summed E-state index contributed by atoms with van der Waals surface area (Å²) in [6.45, 7) is 0. The molecule has 0 amide bonds. The van der Waals surface area contributed by atoms with Crippen molar-refractivity contribution in [3.05, 3.63) is 16.1 Å². The molecule has 0 aromatic heterocycles. The van der Waals surface area contributed by atoms with Crippen LogP contribution in [0.25, 0.3) is 0 Å². The summed E-state index contributed by atoms with van der Waals surface area (Å²) < 4.78 is 40.9. The minimum Gasteiger partial charge on any atom is -0.495 e. The number of hydrogen-bond donors (Lipinski definition) is 1. The van der Waals surface area contributed by atoms with Crippen LogP contribution in [0, 0.1) is 0 Å². The molecule has 0 atom stereocenters. The minimum atomic E-state index is -4.55. The molecule has 1 rings (SSSR count). The van der Waals surface area contributed by atoms with Crippen LogP contribution in [0.4, 0.5) is 0 Å². The molecule has 0 fully saturated rings. The summed E-state index contributed by atoms with van der Waals surface area (Å²) in [7, 11) is -2.06. The van der Waals surface area contributed by atoms with Gasteiger partial charge in [-0.05, 0) is 0 Å². The molecule has 16 heavy (non-hydrogen) atoms. The second kappa shape index (κ2) is 4.67. The first-order valence-electron chi connectivity index (χ1n) is 3.90. The maximum atomic E-state index is 11.1. The Kier molecular flexibility index (Phi) is 3.90. The molecular formula is C8H8Cl2O5S. The van der Waals surface area contributed by atoms with E-state index in [1.54, 1.807) is 0 Å². The summed E-state index contributed by atoms with van der Waals surface area (Å²) in [6, 6.07) is 1.29. The second-order valence-electron chi connectivity index (χ2n) is 2.71. The first kappa shape index (κ1) is 13.4. The van der Waals surface area contributed by atoms with Gasteiger partial charge in [-0.25, -0.2) is 0 Å². The fourth-order valence-electron chi connectivity index (χ4n) is 1.13. The molecule has 90 valence electrons. The van der Waals surface area contributed by atoms with Gasteiger partial charge in [-0.3, -0.25) is 4.55 Å². The Morgan fingerprint density at radius 3 is 2.19 bits per heavy atom. The van der Waals surface area contributed by atoms with Crippen molar-refractivity contribution in [2.75, 3.05) is 14.2 Å². The summed E-state index contributed by atoms with van der Waals surface area (Å²) in [5.41, 5.74) is 0. The van der Waals surface area contributed by atoms with E-state index in [0.29, 0.717) is 0 Å². The Hall–Kier alpha value is -0.690. The van der Waals surface area contributed by atoms with Gasteiger partial charge in [-0.15, -0.1) is 0 Å². The van der Waals surface area contributed by atoms with Gasteiger partial charge in [-0.2, -0.15) is 8.42 Å². The van der Waals surface area contributed by atoms with E-state index in [1.165, 1.54) is 20.3 Å². The highest BCUT2D eigenvalue weighted by Crippen LogP contribution is 2.43. The lowest BCUT2D eigenvalue weighted by Crippen LogP contribution is -2.04. The van der Waals surface area contributed by atoms with Gasteiger partial charge in [0.05, 0.1) is 19.2 Å². The van der Waals surface area contributed by atoms with Crippen LogP contribution in [0.1, 0.15) is 0 Å². The van der Waals surface area contributed by atoms with Gasteiger partial charge in [0.15, 0.2) is 10.6 Å². The Morgan fingerprint density at radius 2 is 1.81 bits per heavy atom. The fraction of sp³-hybridized carbons (Fsp3) is 0.250. The molecule has 0 heterocycles. The molecule has 1 aromatic rings. The molecule has 0 spiro atoms. The van der Waals surface area contributed by atoms with Crippen LogP contribution in [-0.2, 0) is 10.1 Å². The normalized spacial score (nSPS) is 11.3. The monoisotopic (exact) mass is 286 g/mol. The van der Waals surface area contributed by atoms with Crippen molar-refractivity contribution in [2.24, 2.45) is 0 Å². The van der Waals surface area contributed by atoms with Crippen LogP contribution in [0.15, 0.2) is 11.0 Å². The van der Waals surface area contributed by atoms with Gasteiger partial charge in [0, 0.05) is 6.07 Å². The van der Waals surface area contributed by atoms with E-state index in [9.17, 15) is 8.42 Å². The summed E-state index contributed by atoms with van der Waals surface area (Å²) in [5, 5.41) is -0.317. The molecule has 0 unspecified atom stereocenters. The predicted molar refractivity (Wildman–Crippen MR) is 59.4 cm³/mol. The van der Waals surface area contributed by atoms with Gasteiger partial charge >= 0.3 is 0 Å². The van der Waals surface area contributed by atoms with Crippen molar-refractivity contribution in [3.63, 3.8) is 0 Å². The smallest absolute Gasteiger partial charge is 0.299 e. The van der Waals surface area contributed by atoms with Crippen LogP contribution in [0.5, 0.6) is 11.5 Å². The maximum Gasteiger partial charge on any atom is 0.299 e. The van der Waals surface area contributed by atoms with E-state index in [1.807, 2.05) is 0 Å². The van der Waals surface area contributed by atoms with Crippen molar-refractivity contribution in [1.82, 2.24) is 0 Å². The quantitative estimate of drug-likeness (QED) is 0.863. The topological polar surface area (TPSA) is 72.8 Å². The summed E-state index contributed by atoms with van der Waals surface area (Å²) in [6.07, 6.45) is 0. The largest absolute Gasteiger partial charge is 0.495 e. The van der Waals surface area contributed by atoms with E-state index in [4.69, 9.17) is 37.2 Å². The average molecular weight is 287 g/mol. The molecule has 0 radical (unpaired) electrons. The third kappa shape index (κ3) is 2.35. The van der Waals surface area contributed by atoms with Gasteiger partial charge in [0.1, 0.15) is 10.8 Å². The molecule has 0 bridgehead atoms. The van der Waals surface area contributed by atoms with E-state index in [0.717, 1.165) is 0 Å². The van der Waals surface area contributed by atoms with Gasteiger partial charge in [0.2, 0.25) is 0 Å². The van der Waals surface area contributed by atoms with Crippen molar-refractivity contribution >= 4 is 33.3 Å². The lowest BCUT2D eigenvalue weighted by atomic mass is 10.3. The summed E-state index contributed by atoms with van der Waals surface area (Å²) in [4.78, 5) is -0.610. The maximum absolute atomic E-state index is 11.1. The first-order valence-corrected chi connectivity index (χ1v) is 6.10. The van der Waals surface area contributed by atoms with Crippen LogP contribution in [-0.4, -0.2) is 27.2 Å². The minimum absolute atomic E-state index is 0.0279. The molecular weight excluding hydrogens is 279 g/mol. The Bertz CT molecular complexity index is 512. The summed E-state index contributed by atoms with van der Waals surface area (Å²) >= 11 is 11.5. The molecule has 1 N–H and O–H groups in total. The van der Waals surface area contributed by atoms with Crippen molar-refractivity contribution < 1.29 is 22.4 Å². The van der Waals surface area contributed by atoms with Crippen LogP contribution in [0.3, 0.4) is 0 Å². The Balaban J connectivity index is 3.73. The fourth-order valence-corrected chi connectivity index (χ4v) is 2.72. The lowest BCUT2D eigenvalue weighted by Gasteiger charge is -2.12. The highest BCUT2D eigenvalue weighted by Gasteiger charge is 2.26. The number of ether oxygens (including phenoxy) is 2. The molecule has 0 aliphatic heterocycles. The molecule has 0 aliphatic rings. The van der Waals surface area contributed by atoms with Gasteiger partial charge in [-0.1, -0.05) is 23.2 Å². The van der Waals surface area contributed by atoms with Crippen LogP contribution < -0.4 is 9.47 Å². The zero-order valence-electron chi connectivity index (χ0n) is 8.32. The lowest BCUT2D eigenvalue weighted by molar-refractivity contribution is 0.388. The van der Waals surface area contributed by atoms with E-state index < -0.39 is 15.0 Å². The number of methoxy groups -OCH3 is 2.